The Bertz CT molecular complexity index is 734. The highest BCUT2D eigenvalue weighted by Crippen LogP contribution is 2.41. The van der Waals surface area contributed by atoms with Crippen LogP contribution in [0, 0.1) is 0 Å². The van der Waals surface area contributed by atoms with Crippen LogP contribution < -0.4 is 5.14 Å². The summed E-state index contributed by atoms with van der Waals surface area (Å²) in [5, 5.41) is 8.53. The largest absolute Gasteiger partial charge is 0.435 e. The second-order valence-corrected chi connectivity index (χ2v) is 9.83. The SMILES string of the molecule is NS(=O)(=O)C1CCC(n2nc(C(F)(F)F)cc2C2CCC(Cl)CC2)CC1. The molecule has 2 aliphatic carbocycles. The number of hydrogen-bond donors (Lipinski definition) is 1. The summed E-state index contributed by atoms with van der Waals surface area (Å²) >= 11 is 6.12. The zero-order valence-corrected chi connectivity index (χ0v) is 15.8. The molecule has 0 bridgehead atoms. The fourth-order valence-electron chi connectivity index (χ4n) is 4.11. The number of hydrogen-bond acceptors (Lipinski definition) is 3. The molecule has 2 aliphatic rings. The Hall–Kier alpha value is -0.800. The molecule has 3 rings (SSSR count). The van der Waals surface area contributed by atoms with Gasteiger partial charge in [0.1, 0.15) is 0 Å². The number of nitrogens with two attached hydrogens (primary N) is 1. The highest BCUT2D eigenvalue weighted by molar-refractivity contribution is 7.89. The van der Waals surface area contributed by atoms with Crippen LogP contribution in [0.2, 0.25) is 0 Å². The van der Waals surface area contributed by atoms with Crippen LogP contribution in [0.25, 0.3) is 0 Å². The van der Waals surface area contributed by atoms with Crippen LogP contribution in [0.1, 0.15) is 74.7 Å². The number of aromatic nitrogens is 2. The fourth-order valence-corrected chi connectivity index (χ4v) is 5.29. The van der Waals surface area contributed by atoms with Gasteiger partial charge in [0.05, 0.1) is 11.3 Å². The summed E-state index contributed by atoms with van der Waals surface area (Å²) in [6.07, 6.45) is 0.135. The van der Waals surface area contributed by atoms with E-state index in [9.17, 15) is 21.6 Å². The van der Waals surface area contributed by atoms with Crippen LogP contribution in [0.4, 0.5) is 13.2 Å². The third-order valence-electron chi connectivity index (χ3n) is 5.58. The molecule has 0 radical (unpaired) electrons. The molecule has 1 heterocycles. The lowest BCUT2D eigenvalue weighted by molar-refractivity contribution is -0.141. The van der Waals surface area contributed by atoms with Crippen molar-refractivity contribution in [1.82, 2.24) is 9.78 Å². The Balaban J connectivity index is 1.85. The second-order valence-electron chi connectivity index (χ2n) is 7.37. The summed E-state index contributed by atoms with van der Waals surface area (Å²) in [6.45, 7) is 0. The molecule has 1 aromatic heterocycles. The second kappa shape index (κ2) is 7.31. The van der Waals surface area contributed by atoms with E-state index in [1.165, 1.54) is 4.68 Å². The zero-order chi connectivity index (χ0) is 19.1. The van der Waals surface area contributed by atoms with E-state index in [1.807, 2.05) is 0 Å². The summed E-state index contributed by atoms with van der Waals surface area (Å²) < 4.78 is 64.1. The molecule has 0 aromatic carbocycles. The van der Waals surface area contributed by atoms with Gasteiger partial charge in [-0.1, -0.05) is 0 Å². The Kier molecular flexibility index (Phi) is 5.61. The predicted molar refractivity (Wildman–Crippen MR) is 92.5 cm³/mol. The lowest BCUT2D eigenvalue weighted by Gasteiger charge is -2.31. The van der Waals surface area contributed by atoms with Gasteiger partial charge >= 0.3 is 6.18 Å². The molecule has 0 saturated heterocycles. The molecule has 0 atom stereocenters. The van der Waals surface area contributed by atoms with Crippen molar-refractivity contribution in [3.8, 4) is 0 Å². The van der Waals surface area contributed by atoms with E-state index in [-0.39, 0.29) is 17.3 Å². The van der Waals surface area contributed by atoms with Gasteiger partial charge in [-0.15, -0.1) is 11.6 Å². The fraction of sp³-hybridized carbons (Fsp3) is 0.812. The first-order valence-electron chi connectivity index (χ1n) is 8.88. The minimum absolute atomic E-state index is 0.00423. The first-order chi connectivity index (χ1) is 12.1. The molecule has 2 fully saturated rings. The summed E-state index contributed by atoms with van der Waals surface area (Å²) in [4.78, 5) is 0. The first kappa shape index (κ1) is 19.9. The minimum Gasteiger partial charge on any atom is -0.266 e. The Morgan fingerprint density at radius 2 is 1.65 bits per heavy atom. The molecule has 26 heavy (non-hydrogen) atoms. The number of rotatable bonds is 3. The minimum atomic E-state index is -4.50. The maximum Gasteiger partial charge on any atom is 0.435 e. The molecular formula is C16H23ClF3N3O2S. The van der Waals surface area contributed by atoms with Crippen molar-refractivity contribution in [2.45, 2.75) is 80.1 Å². The van der Waals surface area contributed by atoms with Crippen molar-refractivity contribution in [3.63, 3.8) is 0 Å². The van der Waals surface area contributed by atoms with Crippen molar-refractivity contribution in [1.29, 1.82) is 0 Å². The molecule has 10 heteroatoms. The van der Waals surface area contributed by atoms with Gasteiger partial charge in [0.25, 0.3) is 0 Å². The van der Waals surface area contributed by atoms with E-state index in [2.05, 4.69) is 5.10 Å². The lowest BCUT2D eigenvalue weighted by Crippen LogP contribution is -2.33. The van der Waals surface area contributed by atoms with Gasteiger partial charge in [0.15, 0.2) is 5.69 Å². The van der Waals surface area contributed by atoms with Crippen LogP contribution in [0.3, 0.4) is 0 Å². The Labute approximate surface area is 156 Å². The maximum absolute atomic E-state index is 13.2. The zero-order valence-electron chi connectivity index (χ0n) is 14.3. The van der Waals surface area contributed by atoms with E-state index in [1.54, 1.807) is 0 Å². The third kappa shape index (κ3) is 4.36. The molecular weight excluding hydrogens is 391 g/mol. The maximum atomic E-state index is 13.2. The van der Waals surface area contributed by atoms with Gasteiger partial charge < -0.3 is 0 Å². The monoisotopic (exact) mass is 413 g/mol. The van der Waals surface area contributed by atoms with Crippen LogP contribution in [-0.2, 0) is 16.2 Å². The third-order valence-corrected chi connectivity index (χ3v) is 7.42. The number of alkyl halides is 4. The summed E-state index contributed by atoms with van der Waals surface area (Å²) in [7, 11) is -3.61. The van der Waals surface area contributed by atoms with Crippen molar-refractivity contribution in [3.05, 3.63) is 17.5 Å². The molecule has 5 nitrogen and oxygen atoms in total. The van der Waals surface area contributed by atoms with Crippen molar-refractivity contribution < 1.29 is 21.6 Å². The van der Waals surface area contributed by atoms with Crippen LogP contribution in [0.15, 0.2) is 6.07 Å². The van der Waals surface area contributed by atoms with E-state index in [0.717, 1.165) is 31.7 Å². The molecule has 2 saturated carbocycles. The highest BCUT2D eigenvalue weighted by atomic mass is 35.5. The standard InChI is InChI=1S/C16H23ClF3N3O2S/c17-11-3-1-10(2-4-11)14-9-15(16(18,19)20)22-23(14)12-5-7-13(8-6-12)26(21,24)25/h9-13H,1-8H2,(H2,21,24,25). The van der Waals surface area contributed by atoms with Crippen LogP contribution in [0.5, 0.6) is 0 Å². The van der Waals surface area contributed by atoms with Crippen molar-refractivity contribution in [2.24, 2.45) is 5.14 Å². The van der Waals surface area contributed by atoms with Gasteiger partial charge in [-0.3, -0.25) is 4.68 Å². The Morgan fingerprint density at radius 1 is 1.08 bits per heavy atom. The normalized spacial score (nSPS) is 31.1. The van der Waals surface area contributed by atoms with E-state index >= 15 is 0 Å². The number of primary sulfonamides is 1. The van der Waals surface area contributed by atoms with Crippen LogP contribution >= 0.6 is 11.6 Å². The highest BCUT2D eigenvalue weighted by Gasteiger charge is 2.38. The van der Waals surface area contributed by atoms with E-state index in [0.29, 0.717) is 31.4 Å². The molecule has 2 N–H and O–H groups in total. The lowest BCUT2D eigenvalue weighted by atomic mass is 9.85. The van der Waals surface area contributed by atoms with Crippen LogP contribution in [-0.4, -0.2) is 28.8 Å². The molecule has 0 aliphatic heterocycles. The van der Waals surface area contributed by atoms with Gasteiger partial charge in [0.2, 0.25) is 10.0 Å². The summed E-state index contributed by atoms with van der Waals surface area (Å²) in [5.74, 6) is 0.00423. The number of sulfonamides is 1. The molecule has 1 aromatic rings. The average Bonchev–Trinajstić information content (AvgIpc) is 3.00. The average molecular weight is 414 g/mol. The van der Waals surface area contributed by atoms with Gasteiger partial charge in [0, 0.05) is 17.0 Å². The first-order valence-corrected chi connectivity index (χ1v) is 10.9. The number of halogens is 4. The number of nitrogens with zero attached hydrogens (tertiary/aromatic N) is 2. The van der Waals surface area contributed by atoms with E-state index < -0.39 is 27.1 Å². The van der Waals surface area contributed by atoms with Crippen molar-refractivity contribution in [2.75, 3.05) is 0 Å². The quantitative estimate of drug-likeness (QED) is 0.762. The van der Waals surface area contributed by atoms with Crippen molar-refractivity contribution >= 4 is 21.6 Å². The molecule has 0 amide bonds. The molecule has 0 unspecified atom stereocenters. The molecule has 148 valence electrons. The van der Waals surface area contributed by atoms with Gasteiger partial charge in [-0.25, -0.2) is 13.6 Å². The summed E-state index contributed by atoms with van der Waals surface area (Å²) in [6, 6.07) is 0.929. The topological polar surface area (TPSA) is 78.0 Å². The van der Waals surface area contributed by atoms with E-state index in [4.69, 9.17) is 16.7 Å². The molecule has 0 spiro atoms. The Morgan fingerprint density at radius 3 is 2.15 bits per heavy atom. The predicted octanol–water partition coefficient (Wildman–Crippen LogP) is 3.94. The van der Waals surface area contributed by atoms with Gasteiger partial charge in [-0.05, 0) is 57.4 Å². The smallest absolute Gasteiger partial charge is 0.266 e. The summed E-state index contributed by atoms with van der Waals surface area (Å²) in [5.41, 5.74) is -0.283. The van der Waals surface area contributed by atoms with Gasteiger partial charge in [-0.2, -0.15) is 18.3 Å².